The minimum atomic E-state index is 0.945. The lowest BCUT2D eigenvalue weighted by Gasteiger charge is -1.95. The molecule has 0 spiro atoms. The van der Waals surface area contributed by atoms with E-state index in [1.807, 2.05) is 5.51 Å². The molecule has 0 fully saturated rings. The van der Waals surface area contributed by atoms with E-state index in [1.165, 1.54) is 5.57 Å². The largest absolute Gasteiger partial charge is 0.245 e. The molecule has 1 heterocycles. The molecule has 0 saturated carbocycles. The van der Waals surface area contributed by atoms with Crippen LogP contribution in [-0.2, 0) is 0 Å². The molecule has 11 heavy (non-hydrogen) atoms. The number of rotatable bonds is 3. The second kappa shape index (κ2) is 4.67. The Morgan fingerprint density at radius 1 is 1.82 bits per heavy atom. The van der Waals surface area contributed by atoms with Crippen LogP contribution in [0.3, 0.4) is 0 Å². The van der Waals surface area contributed by atoms with E-state index in [9.17, 15) is 0 Å². The Morgan fingerprint density at radius 2 is 2.64 bits per heavy atom. The van der Waals surface area contributed by atoms with Gasteiger partial charge in [0.15, 0.2) is 0 Å². The maximum Gasteiger partial charge on any atom is 0.0798 e. The van der Waals surface area contributed by atoms with Crippen molar-refractivity contribution in [3.05, 3.63) is 22.2 Å². The van der Waals surface area contributed by atoms with Gasteiger partial charge in [0.2, 0.25) is 0 Å². The maximum atomic E-state index is 4.17. The SMILES string of the molecule is CC/C(=C\c1cscn1)CBr. The normalized spacial score (nSPS) is 12.0. The Balaban J connectivity index is 2.71. The van der Waals surface area contributed by atoms with Crippen molar-refractivity contribution < 1.29 is 0 Å². The van der Waals surface area contributed by atoms with Crippen molar-refractivity contribution in [2.24, 2.45) is 0 Å². The van der Waals surface area contributed by atoms with Gasteiger partial charge in [-0.05, 0) is 12.5 Å². The third kappa shape index (κ3) is 2.75. The molecule has 0 saturated heterocycles. The van der Waals surface area contributed by atoms with Crippen molar-refractivity contribution in [2.75, 3.05) is 5.33 Å². The molecule has 1 aromatic heterocycles. The summed E-state index contributed by atoms with van der Waals surface area (Å²) >= 11 is 5.06. The van der Waals surface area contributed by atoms with Crippen LogP contribution in [0.5, 0.6) is 0 Å². The quantitative estimate of drug-likeness (QED) is 0.728. The second-order valence-electron chi connectivity index (χ2n) is 2.20. The molecule has 0 N–H and O–H groups in total. The van der Waals surface area contributed by atoms with E-state index in [4.69, 9.17) is 0 Å². The maximum absolute atomic E-state index is 4.17. The average molecular weight is 232 g/mol. The topological polar surface area (TPSA) is 12.9 Å². The summed E-state index contributed by atoms with van der Waals surface area (Å²) in [7, 11) is 0. The van der Waals surface area contributed by atoms with Gasteiger partial charge >= 0.3 is 0 Å². The predicted octanol–water partition coefficient (Wildman–Crippen LogP) is 3.33. The third-order valence-corrected chi connectivity index (χ3v) is 2.75. The van der Waals surface area contributed by atoms with Crippen LogP contribution < -0.4 is 0 Å². The fraction of sp³-hybridized carbons (Fsp3) is 0.375. The summed E-state index contributed by atoms with van der Waals surface area (Å²) in [4.78, 5) is 4.17. The van der Waals surface area contributed by atoms with Crippen molar-refractivity contribution in [2.45, 2.75) is 13.3 Å². The number of hydrogen-bond acceptors (Lipinski definition) is 2. The second-order valence-corrected chi connectivity index (χ2v) is 3.48. The Kier molecular flexibility index (Phi) is 3.80. The van der Waals surface area contributed by atoms with Crippen molar-refractivity contribution in [1.82, 2.24) is 4.98 Å². The molecule has 1 aromatic rings. The molecular formula is C8H10BrNS. The molecule has 0 aliphatic rings. The van der Waals surface area contributed by atoms with Crippen molar-refractivity contribution in [3.8, 4) is 0 Å². The first-order valence-corrected chi connectivity index (χ1v) is 5.56. The van der Waals surface area contributed by atoms with Gasteiger partial charge in [-0.2, -0.15) is 0 Å². The van der Waals surface area contributed by atoms with Gasteiger partial charge in [0.05, 0.1) is 11.2 Å². The molecule has 0 aliphatic heterocycles. The Morgan fingerprint density at radius 3 is 3.09 bits per heavy atom. The number of allylic oxidation sites excluding steroid dienone is 1. The number of aromatic nitrogens is 1. The molecule has 1 nitrogen and oxygen atoms in total. The summed E-state index contributed by atoms with van der Waals surface area (Å²) in [6, 6.07) is 0. The first-order valence-electron chi connectivity index (χ1n) is 3.50. The van der Waals surface area contributed by atoms with Gasteiger partial charge < -0.3 is 0 Å². The van der Waals surface area contributed by atoms with Crippen LogP contribution in [0.1, 0.15) is 19.0 Å². The van der Waals surface area contributed by atoms with Crippen LogP contribution in [0.4, 0.5) is 0 Å². The van der Waals surface area contributed by atoms with Crippen molar-refractivity contribution in [1.29, 1.82) is 0 Å². The van der Waals surface area contributed by atoms with Crippen LogP contribution in [0.25, 0.3) is 6.08 Å². The molecule has 0 radical (unpaired) electrons. The fourth-order valence-corrected chi connectivity index (χ4v) is 1.81. The van der Waals surface area contributed by atoms with Gasteiger partial charge in [0, 0.05) is 10.7 Å². The molecule has 3 heteroatoms. The summed E-state index contributed by atoms with van der Waals surface area (Å²) in [5, 5.41) is 3.00. The summed E-state index contributed by atoms with van der Waals surface area (Å²) in [5.74, 6) is 0. The van der Waals surface area contributed by atoms with E-state index >= 15 is 0 Å². The minimum absolute atomic E-state index is 0.945. The first kappa shape index (κ1) is 8.94. The fourth-order valence-electron chi connectivity index (χ4n) is 0.737. The van der Waals surface area contributed by atoms with Crippen LogP contribution >= 0.6 is 27.3 Å². The minimum Gasteiger partial charge on any atom is -0.245 e. The molecule has 0 atom stereocenters. The Labute approximate surface area is 79.3 Å². The number of hydrogen-bond donors (Lipinski definition) is 0. The molecule has 60 valence electrons. The van der Waals surface area contributed by atoms with E-state index in [2.05, 4.69) is 39.3 Å². The highest BCUT2D eigenvalue weighted by Crippen LogP contribution is 2.11. The van der Waals surface area contributed by atoms with E-state index < -0.39 is 0 Å². The lowest BCUT2D eigenvalue weighted by Crippen LogP contribution is -1.81. The zero-order chi connectivity index (χ0) is 8.10. The zero-order valence-corrected chi connectivity index (χ0v) is 8.78. The summed E-state index contributed by atoms with van der Waals surface area (Å²) in [6.07, 6.45) is 3.22. The van der Waals surface area contributed by atoms with E-state index in [0.29, 0.717) is 0 Å². The molecule has 0 aromatic carbocycles. The monoisotopic (exact) mass is 231 g/mol. The molecule has 0 amide bonds. The van der Waals surface area contributed by atoms with Crippen LogP contribution in [0.2, 0.25) is 0 Å². The van der Waals surface area contributed by atoms with E-state index in [-0.39, 0.29) is 0 Å². The van der Waals surface area contributed by atoms with Gasteiger partial charge in [-0.15, -0.1) is 11.3 Å². The highest BCUT2D eigenvalue weighted by molar-refractivity contribution is 9.09. The number of thiazole rings is 1. The lowest BCUT2D eigenvalue weighted by atomic mass is 10.2. The van der Waals surface area contributed by atoms with Gasteiger partial charge in [0.1, 0.15) is 0 Å². The number of nitrogens with zero attached hydrogens (tertiary/aromatic N) is 1. The molecule has 0 aliphatic carbocycles. The van der Waals surface area contributed by atoms with E-state index in [1.54, 1.807) is 11.3 Å². The highest BCUT2D eigenvalue weighted by Gasteiger charge is 1.93. The highest BCUT2D eigenvalue weighted by atomic mass is 79.9. The third-order valence-electron chi connectivity index (χ3n) is 1.43. The lowest BCUT2D eigenvalue weighted by molar-refractivity contribution is 1.12. The zero-order valence-electron chi connectivity index (χ0n) is 6.38. The van der Waals surface area contributed by atoms with Gasteiger partial charge in [0.25, 0.3) is 0 Å². The Hall–Kier alpha value is -0.150. The van der Waals surface area contributed by atoms with Crippen molar-refractivity contribution >= 4 is 33.3 Å². The van der Waals surface area contributed by atoms with Crippen LogP contribution in [0.15, 0.2) is 16.5 Å². The van der Waals surface area contributed by atoms with Crippen LogP contribution in [0, 0.1) is 0 Å². The number of halogens is 1. The van der Waals surface area contributed by atoms with Gasteiger partial charge in [-0.3, -0.25) is 0 Å². The molecule has 1 rings (SSSR count). The molecule has 0 bridgehead atoms. The average Bonchev–Trinajstić information content (AvgIpc) is 2.52. The first-order chi connectivity index (χ1) is 5.36. The molecule has 0 unspecified atom stereocenters. The predicted molar refractivity (Wildman–Crippen MR) is 54.2 cm³/mol. The van der Waals surface area contributed by atoms with Crippen LogP contribution in [-0.4, -0.2) is 10.3 Å². The van der Waals surface area contributed by atoms with E-state index in [0.717, 1.165) is 17.4 Å². The van der Waals surface area contributed by atoms with Gasteiger partial charge in [-0.25, -0.2) is 4.98 Å². The Bertz CT molecular complexity index is 222. The smallest absolute Gasteiger partial charge is 0.0798 e. The summed E-state index contributed by atoms with van der Waals surface area (Å²) in [6.45, 7) is 2.15. The summed E-state index contributed by atoms with van der Waals surface area (Å²) in [5.41, 5.74) is 4.31. The van der Waals surface area contributed by atoms with Gasteiger partial charge in [-0.1, -0.05) is 28.4 Å². The summed E-state index contributed by atoms with van der Waals surface area (Å²) < 4.78 is 0. The standard InChI is InChI=1S/C8H10BrNS/c1-2-7(4-9)3-8-5-11-6-10-8/h3,5-6H,2,4H2,1H3/b7-3+. The molecular weight excluding hydrogens is 222 g/mol. The number of alkyl halides is 1. The van der Waals surface area contributed by atoms with Crippen molar-refractivity contribution in [3.63, 3.8) is 0 Å².